The van der Waals surface area contributed by atoms with Crippen LogP contribution < -0.4 is 0 Å². The summed E-state index contributed by atoms with van der Waals surface area (Å²) >= 11 is 0. The van der Waals surface area contributed by atoms with Crippen LogP contribution in [0.15, 0.2) is 0 Å². The van der Waals surface area contributed by atoms with Crippen molar-refractivity contribution in [1.82, 2.24) is 4.90 Å². The number of hydrogen-bond donors (Lipinski definition) is 2. The van der Waals surface area contributed by atoms with E-state index in [0.29, 0.717) is 18.9 Å². The van der Waals surface area contributed by atoms with E-state index in [4.69, 9.17) is 10.2 Å². The van der Waals surface area contributed by atoms with Crippen LogP contribution in [0.5, 0.6) is 0 Å². The molecule has 4 heteroatoms. The van der Waals surface area contributed by atoms with Gasteiger partial charge in [0.2, 0.25) is 0 Å². The third kappa shape index (κ3) is 3.47. The van der Waals surface area contributed by atoms with Crippen LogP contribution in [0.4, 0.5) is 0 Å². The van der Waals surface area contributed by atoms with Gasteiger partial charge in [-0.3, -0.25) is 9.69 Å². The molecule has 0 aromatic heterocycles. The smallest absolute Gasteiger partial charge is 0.320 e. The summed E-state index contributed by atoms with van der Waals surface area (Å²) < 4.78 is 0. The topological polar surface area (TPSA) is 60.8 Å². The first-order valence-electron chi connectivity index (χ1n) is 5.76. The van der Waals surface area contributed by atoms with Crippen LogP contribution in [0.25, 0.3) is 0 Å². The summed E-state index contributed by atoms with van der Waals surface area (Å²) in [5.74, 6) is -0.164. The highest BCUT2D eigenvalue weighted by atomic mass is 16.4. The first-order chi connectivity index (χ1) is 7.19. The van der Waals surface area contributed by atoms with E-state index in [9.17, 15) is 4.79 Å². The number of rotatable bonds is 5. The fraction of sp³-hybridized carbons (Fsp3) is 0.909. The zero-order valence-corrected chi connectivity index (χ0v) is 9.35. The summed E-state index contributed by atoms with van der Waals surface area (Å²) in [5, 5.41) is 17.9. The molecule has 2 N–H and O–H groups in total. The third-order valence-electron chi connectivity index (χ3n) is 3.29. The summed E-state index contributed by atoms with van der Waals surface area (Å²) in [4.78, 5) is 13.1. The quantitative estimate of drug-likeness (QED) is 0.716. The Morgan fingerprint density at radius 1 is 1.53 bits per heavy atom. The molecule has 1 aliphatic heterocycles. The van der Waals surface area contributed by atoms with Crippen LogP contribution in [0.2, 0.25) is 0 Å². The van der Waals surface area contributed by atoms with Crippen molar-refractivity contribution < 1.29 is 15.0 Å². The second-order valence-electron chi connectivity index (χ2n) is 4.27. The fourth-order valence-electron chi connectivity index (χ4n) is 2.26. The van der Waals surface area contributed by atoms with Gasteiger partial charge in [-0.15, -0.1) is 0 Å². The van der Waals surface area contributed by atoms with E-state index in [1.54, 1.807) is 0 Å². The summed E-state index contributed by atoms with van der Waals surface area (Å²) in [6.07, 6.45) is 3.58. The second-order valence-corrected chi connectivity index (χ2v) is 4.27. The van der Waals surface area contributed by atoms with Crippen molar-refractivity contribution in [2.45, 2.75) is 38.6 Å². The van der Waals surface area contributed by atoms with E-state index in [1.165, 1.54) is 0 Å². The highest BCUT2D eigenvalue weighted by Crippen LogP contribution is 2.25. The first-order valence-corrected chi connectivity index (χ1v) is 5.76. The molecule has 88 valence electrons. The van der Waals surface area contributed by atoms with Crippen molar-refractivity contribution in [2.24, 2.45) is 5.92 Å². The minimum Gasteiger partial charge on any atom is -0.480 e. The fourth-order valence-corrected chi connectivity index (χ4v) is 2.26. The lowest BCUT2D eigenvalue weighted by molar-refractivity contribution is -0.145. The number of hydrogen-bond acceptors (Lipinski definition) is 3. The average molecular weight is 215 g/mol. The number of aliphatic hydroxyl groups excluding tert-OH is 1. The minimum atomic E-state index is -0.717. The lowest BCUT2D eigenvalue weighted by atomic mass is 9.89. The average Bonchev–Trinajstić information content (AvgIpc) is 2.26. The van der Waals surface area contributed by atoms with E-state index in [-0.39, 0.29) is 12.6 Å². The molecule has 1 rings (SSSR count). The van der Waals surface area contributed by atoms with E-state index in [2.05, 4.69) is 6.92 Å². The number of carboxylic acids is 1. The van der Waals surface area contributed by atoms with Gasteiger partial charge in [0.1, 0.15) is 6.04 Å². The molecule has 0 amide bonds. The molecule has 4 nitrogen and oxygen atoms in total. The maximum Gasteiger partial charge on any atom is 0.320 e. The van der Waals surface area contributed by atoms with E-state index in [0.717, 1.165) is 25.8 Å². The van der Waals surface area contributed by atoms with Crippen molar-refractivity contribution in [3.63, 3.8) is 0 Å². The molecule has 0 radical (unpaired) electrons. The van der Waals surface area contributed by atoms with Gasteiger partial charge in [0.25, 0.3) is 0 Å². The minimum absolute atomic E-state index is 0.139. The highest BCUT2D eigenvalue weighted by Gasteiger charge is 2.31. The van der Waals surface area contributed by atoms with Crippen LogP contribution >= 0.6 is 0 Å². The van der Waals surface area contributed by atoms with Crippen molar-refractivity contribution in [2.75, 3.05) is 19.7 Å². The Kier molecular flexibility index (Phi) is 5.05. The molecule has 1 heterocycles. The lowest BCUT2D eigenvalue weighted by Crippen LogP contribution is -2.47. The Hall–Kier alpha value is -0.610. The van der Waals surface area contributed by atoms with Crippen LogP contribution in [-0.4, -0.2) is 46.8 Å². The van der Waals surface area contributed by atoms with Crippen molar-refractivity contribution in [3.8, 4) is 0 Å². The molecule has 0 bridgehead atoms. The van der Waals surface area contributed by atoms with Gasteiger partial charge in [-0.05, 0) is 31.7 Å². The summed E-state index contributed by atoms with van der Waals surface area (Å²) in [6.45, 7) is 3.81. The van der Waals surface area contributed by atoms with Gasteiger partial charge < -0.3 is 10.2 Å². The van der Waals surface area contributed by atoms with Gasteiger partial charge in [0.05, 0.1) is 0 Å². The van der Waals surface area contributed by atoms with Gasteiger partial charge in [-0.25, -0.2) is 0 Å². The van der Waals surface area contributed by atoms with E-state index < -0.39 is 5.97 Å². The summed E-state index contributed by atoms with van der Waals surface area (Å²) in [5.41, 5.74) is 0. The van der Waals surface area contributed by atoms with E-state index in [1.807, 2.05) is 4.90 Å². The molecule has 1 aliphatic rings. The largest absolute Gasteiger partial charge is 0.480 e. The number of piperidine rings is 1. The second kappa shape index (κ2) is 6.08. The zero-order chi connectivity index (χ0) is 11.3. The Bertz CT molecular complexity index is 208. The number of carbonyl (C=O) groups is 1. The number of aliphatic carboxylic acids is 1. The number of nitrogens with zero attached hydrogens (tertiary/aromatic N) is 1. The Morgan fingerprint density at radius 3 is 2.80 bits per heavy atom. The Morgan fingerprint density at radius 2 is 2.27 bits per heavy atom. The molecule has 0 spiro atoms. The maximum absolute atomic E-state index is 11.1. The normalized spacial score (nSPS) is 27.9. The van der Waals surface area contributed by atoms with Crippen LogP contribution in [0.1, 0.15) is 32.6 Å². The molecule has 0 aliphatic carbocycles. The van der Waals surface area contributed by atoms with Crippen LogP contribution in [-0.2, 0) is 4.79 Å². The van der Waals surface area contributed by atoms with Crippen molar-refractivity contribution in [3.05, 3.63) is 0 Å². The zero-order valence-electron chi connectivity index (χ0n) is 9.35. The number of aliphatic hydroxyl groups is 1. The van der Waals surface area contributed by atoms with Gasteiger partial charge >= 0.3 is 5.97 Å². The predicted molar refractivity (Wildman–Crippen MR) is 57.7 cm³/mol. The van der Waals surface area contributed by atoms with Crippen molar-refractivity contribution in [1.29, 1.82) is 0 Å². The molecule has 1 saturated heterocycles. The maximum atomic E-state index is 11.1. The van der Waals surface area contributed by atoms with Gasteiger partial charge in [-0.1, -0.05) is 13.3 Å². The molecule has 2 atom stereocenters. The molecule has 0 saturated carbocycles. The summed E-state index contributed by atoms with van der Waals surface area (Å²) in [7, 11) is 0. The molecule has 1 fully saturated rings. The monoisotopic (exact) mass is 215 g/mol. The highest BCUT2D eigenvalue weighted by molar-refractivity contribution is 5.73. The molecule has 2 unspecified atom stereocenters. The lowest BCUT2D eigenvalue weighted by Gasteiger charge is -2.36. The SMILES string of the molecule is CCC1CCN(CCCO)C(C(=O)O)C1. The number of likely N-dealkylation sites (tertiary alicyclic amines) is 1. The van der Waals surface area contributed by atoms with Gasteiger partial charge in [0, 0.05) is 13.2 Å². The van der Waals surface area contributed by atoms with Gasteiger partial charge in [-0.2, -0.15) is 0 Å². The molecular formula is C11H21NO3. The van der Waals surface area contributed by atoms with Crippen molar-refractivity contribution >= 4 is 5.97 Å². The van der Waals surface area contributed by atoms with E-state index >= 15 is 0 Å². The first kappa shape index (κ1) is 12.5. The Balaban J connectivity index is 2.51. The van der Waals surface area contributed by atoms with Crippen LogP contribution in [0.3, 0.4) is 0 Å². The molecular weight excluding hydrogens is 194 g/mol. The number of carboxylic acid groups (broad SMARTS) is 1. The third-order valence-corrected chi connectivity index (χ3v) is 3.29. The van der Waals surface area contributed by atoms with Crippen LogP contribution in [0, 0.1) is 5.92 Å². The summed E-state index contributed by atoms with van der Waals surface area (Å²) in [6, 6.07) is -0.338. The van der Waals surface area contributed by atoms with Gasteiger partial charge in [0.15, 0.2) is 0 Å². The molecule has 15 heavy (non-hydrogen) atoms. The predicted octanol–water partition coefficient (Wildman–Crippen LogP) is 0.944. The standard InChI is InChI=1S/C11H21NO3/c1-2-9-4-6-12(5-3-7-13)10(8-9)11(14)15/h9-10,13H,2-8H2,1H3,(H,14,15). The molecule has 0 aromatic carbocycles. The molecule has 0 aromatic rings. The Labute approximate surface area is 90.9 Å².